The average molecular weight is 186 g/mol. The second-order valence-electron chi connectivity index (χ2n) is 5.40. The van der Waals surface area contributed by atoms with E-state index in [2.05, 4.69) is 34.6 Å². The highest BCUT2D eigenvalue weighted by Gasteiger charge is 2.21. The molecule has 0 aromatic carbocycles. The number of rotatable bonds is 6. The van der Waals surface area contributed by atoms with Crippen molar-refractivity contribution in [2.24, 2.45) is 17.3 Å². The lowest BCUT2D eigenvalue weighted by atomic mass is 9.78. The van der Waals surface area contributed by atoms with Gasteiger partial charge in [-0.1, -0.05) is 41.0 Å². The van der Waals surface area contributed by atoms with Gasteiger partial charge in [0.15, 0.2) is 0 Å². The van der Waals surface area contributed by atoms with Gasteiger partial charge in [0.25, 0.3) is 0 Å². The van der Waals surface area contributed by atoms with E-state index < -0.39 is 0 Å². The SMILES string of the molecule is CCC(C)(C)CC(CO)CC(C)C. The lowest BCUT2D eigenvalue weighted by Crippen LogP contribution is -2.20. The van der Waals surface area contributed by atoms with E-state index in [9.17, 15) is 5.11 Å². The van der Waals surface area contributed by atoms with Crippen molar-refractivity contribution in [3.63, 3.8) is 0 Å². The molecule has 1 heteroatoms. The molecule has 13 heavy (non-hydrogen) atoms. The van der Waals surface area contributed by atoms with E-state index in [4.69, 9.17) is 0 Å². The van der Waals surface area contributed by atoms with Crippen LogP contribution in [0.2, 0.25) is 0 Å². The van der Waals surface area contributed by atoms with Crippen LogP contribution in [0.5, 0.6) is 0 Å². The van der Waals surface area contributed by atoms with Gasteiger partial charge in [-0.15, -0.1) is 0 Å². The van der Waals surface area contributed by atoms with Gasteiger partial charge in [-0.3, -0.25) is 0 Å². The Labute approximate surface area is 83.5 Å². The summed E-state index contributed by atoms with van der Waals surface area (Å²) in [6, 6.07) is 0. The van der Waals surface area contributed by atoms with Crippen LogP contribution in [0.1, 0.15) is 53.9 Å². The summed E-state index contributed by atoms with van der Waals surface area (Å²) in [4.78, 5) is 0. The molecule has 0 aliphatic heterocycles. The second-order valence-corrected chi connectivity index (χ2v) is 5.40. The third-order valence-corrected chi connectivity index (χ3v) is 2.86. The van der Waals surface area contributed by atoms with Crippen molar-refractivity contribution in [3.8, 4) is 0 Å². The number of aliphatic hydroxyl groups excluding tert-OH is 1. The van der Waals surface area contributed by atoms with Gasteiger partial charge in [-0.05, 0) is 30.1 Å². The molecular formula is C12H26O. The molecule has 0 aliphatic rings. The molecule has 1 N–H and O–H groups in total. The maximum Gasteiger partial charge on any atom is 0.0459 e. The topological polar surface area (TPSA) is 20.2 Å². The van der Waals surface area contributed by atoms with E-state index in [1.165, 1.54) is 6.42 Å². The van der Waals surface area contributed by atoms with Gasteiger partial charge in [-0.2, -0.15) is 0 Å². The van der Waals surface area contributed by atoms with Crippen LogP contribution < -0.4 is 0 Å². The Hall–Kier alpha value is -0.0400. The number of aliphatic hydroxyl groups is 1. The van der Waals surface area contributed by atoms with Gasteiger partial charge in [0, 0.05) is 6.61 Å². The summed E-state index contributed by atoms with van der Waals surface area (Å²) >= 11 is 0. The standard InChI is InChI=1S/C12H26O/c1-6-12(4,5)8-11(9-13)7-10(2)3/h10-11,13H,6-9H2,1-5H3. The Bertz CT molecular complexity index is 127. The van der Waals surface area contributed by atoms with Gasteiger partial charge in [-0.25, -0.2) is 0 Å². The summed E-state index contributed by atoms with van der Waals surface area (Å²) < 4.78 is 0. The van der Waals surface area contributed by atoms with E-state index in [1.54, 1.807) is 0 Å². The summed E-state index contributed by atoms with van der Waals surface area (Å²) in [7, 11) is 0. The fourth-order valence-electron chi connectivity index (χ4n) is 1.81. The summed E-state index contributed by atoms with van der Waals surface area (Å²) in [5.74, 6) is 1.19. The van der Waals surface area contributed by atoms with Crippen molar-refractivity contribution in [1.29, 1.82) is 0 Å². The summed E-state index contributed by atoms with van der Waals surface area (Å²) in [5, 5.41) is 9.23. The van der Waals surface area contributed by atoms with Crippen LogP contribution in [-0.2, 0) is 0 Å². The zero-order valence-corrected chi connectivity index (χ0v) is 9.93. The van der Waals surface area contributed by atoms with Crippen LogP contribution in [0.25, 0.3) is 0 Å². The summed E-state index contributed by atoms with van der Waals surface area (Å²) in [6.45, 7) is 11.6. The molecular weight excluding hydrogens is 160 g/mol. The lowest BCUT2D eigenvalue weighted by molar-refractivity contribution is 0.149. The van der Waals surface area contributed by atoms with Crippen LogP contribution in [0, 0.1) is 17.3 Å². The van der Waals surface area contributed by atoms with Crippen molar-refractivity contribution in [3.05, 3.63) is 0 Å². The van der Waals surface area contributed by atoms with E-state index >= 15 is 0 Å². The summed E-state index contributed by atoms with van der Waals surface area (Å²) in [6.07, 6.45) is 3.50. The van der Waals surface area contributed by atoms with Gasteiger partial charge in [0.1, 0.15) is 0 Å². The zero-order valence-electron chi connectivity index (χ0n) is 9.93. The first-order valence-electron chi connectivity index (χ1n) is 5.52. The maximum absolute atomic E-state index is 9.23. The predicted molar refractivity (Wildman–Crippen MR) is 58.7 cm³/mol. The molecule has 0 aromatic heterocycles. The first-order valence-corrected chi connectivity index (χ1v) is 5.52. The van der Waals surface area contributed by atoms with Crippen LogP contribution in [-0.4, -0.2) is 11.7 Å². The minimum Gasteiger partial charge on any atom is -0.396 e. The first-order chi connectivity index (χ1) is 5.91. The largest absolute Gasteiger partial charge is 0.396 e. The van der Waals surface area contributed by atoms with E-state index in [0.717, 1.165) is 12.8 Å². The molecule has 0 bridgehead atoms. The fraction of sp³-hybridized carbons (Fsp3) is 1.00. The Morgan fingerprint density at radius 2 is 1.77 bits per heavy atom. The molecule has 1 nitrogen and oxygen atoms in total. The molecule has 0 amide bonds. The van der Waals surface area contributed by atoms with Crippen molar-refractivity contribution in [2.45, 2.75) is 53.9 Å². The minimum atomic E-state index is 0.349. The molecule has 0 saturated carbocycles. The molecule has 1 unspecified atom stereocenters. The summed E-state index contributed by atoms with van der Waals surface area (Å²) in [5.41, 5.74) is 0.391. The Morgan fingerprint density at radius 1 is 1.23 bits per heavy atom. The highest BCUT2D eigenvalue weighted by Crippen LogP contribution is 2.31. The molecule has 80 valence electrons. The van der Waals surface area contributed by atoms with Gasteiger partial charge in [0.2, 0.25) is 0 Å². The van der Waals surface area contributed by atoms with Crippen molar-refractivity contribution in [2.75, 3.05) is 6.61 Å². The maximum atomic E-state index is 9.23. The normalized spacial score (nSPS) is 15.0. The fourth-order valence-corrected chi connectivity index (χ4v) is 1.81. The molecule has 1 atom stereocenters. The van der Waals surface area contributed by atoms with E-state index in [-0.39, 0.29) is 0 Å². The van der Waals surface area contributed by atoms with Gasteiger partial charge < -0.3 is 5.11 Å². The Morgan fingerprint density at radius 3 is 2.08 bits per heavy atom. The molecule has 0 radical (unpaired) electrons. The highest BCUT2D eigenvalue weighted by atomic mass is 16.3. The predicted octanol–water partition coefficient (Wildman–Crippen LogP) is 3.47. The van der Waals surface area contributed by atoms with Crippen LogP contribution in [0.3, 0.4) is 0 Å². The van der Waals surface area contributed by atoms with Crippen LogP contribution in [0.4, 0.5) is 0 Å². The highest BCUT2D eigenvalue weighted by molar-refractivity contribution is 4.72. The quantitative estimate of drug-likeness (QED) is 0.673. The molecule has 0 heterocycles. The van der Waals surface area contributed by atoms with E-state index in [0.29, 0.717) is 23.9 Å². The minimum absolute atomic E-state index is 0.349. The number of hydrogen-bond donors (Lipinski definition) is 1. The molecule has 0 aliphatic carbocycles. The van der Waals surface area contributed by atoms with Crippen molar-refractivity contribution >= 4 is 0 Å². The molecule has 0 spiro atoms. The Balaban J connectivity index is 3.97. The third kappa shape index (κ3) is 6.09. The lowest BCUT2D eigenvalue weighted by Gasteiger charge is -2.28. The smallest absolute Gasteiger partial charge is 0.0459 e. The van der Waals surface area contributed by atoms with Gasteiger partial charge in [0.05, 0.1) is 0 Å². The first kappa shape index (κ1) is 13.0. The zero-order chi connectivity index (χ0) is 10.5. The Kier molecular flexibility index (Phi) is 5.62. The number of hydrogen-bond acceptors (Lipinski definition) is 1. The monoisotopic (exact) mass is 186 g/mol. The third-order valence-electron chi connectivity index (χ3n) is 2.86. The van der Waals surface area contributed by atoms with Crippen molar-refractivity contribution < 1.29 is 5.11 Å². The van der Waals surface area contributed by atoms with Crippen LogP contribution in [0.15, 0.2) is 0 Å². The van der Waals surface area contributed by atoms with Gasteiger partial charge >= 0.3 is 0 Å². The van der Waals surface area contributed by atoms with E-state index in [1.807, 2.05) is 0 Å². The average Bonchev–Trinajstić information content (AvgIpc) is 2.02. The van der Waals surface area contributed by atoms with Crippen LogP contribution >= 0.6 is 0 Å². The van der Waals surface area contributed by atoms with Crippen molar-refractivity contribution in [1.82, 2.24) is 0 Å². The molecule has 0 fully saturated rings. The molecule has 0 aromatic rings. The molecule has 0 saturated heterocycles. The molecule has 0 rings (SSSR count). The second kappa shape index (κ2) is 5.64.